The first-order valence-corrected chi connectivity index (χ1v) is 12.2. The van der Waals surface area contributed by atoms with Gasteiger partial charge >= 0.3 is 0 Å². The minimum atomic E-state index is 0.873. The fourth-order valence-corrected chi connectivity index (χ4v) is 5.12. The second-order valence-corrected chi connectivity index (χ2v) is 9.86. The van der Waals surface area contributed by atoms with E-state index in [4.69, 9.17) is 9.98 Å². The molecule has 0 N–H and O–H groups in total. The van der Waals surface area contributed by atoms with E-state index in [-0.39, 0.29) is 0 Å². The van der Waals surface area contributed by atoms with Crippen LogP contribution in [0.1, 0.15) is 22.3 Å². The minimum absolute atomic E-state index is 0.873. The number of piperazine rings is 1. The Morgan fingerprint density at radius 3 is 1.94 bits per heavy atom. The van der Waals surface area contributed by atoms with Gasteiger partial charge in [-0.15, -0.1) is 0 Å². The molecular weight excluding hydrogens is 418 g/mol. The van der Waals surface area contributed by atoms with Gasteiger partial charge in [-0.25, -0.2) is 0 Å². The van der Waals surface area contributed by atoms with Crippen LogP contribution in [-0.2, 0) is 12.8 Å². The highest BCUT2D eigenvalue weighted by molar-refractivity contribution is 6.09. The van der Waals surface area contributed by atoms with E-state index in [1.54, 1.807) is 0 Å². The first kappa shape index (κ1) is 21.1. The number of aliphatic imine (C=N–C) groups is 2. The number of fused-ring (bicyclic) bond motifs is 2. The lowest BCUT2D eigenvalue weighted by atomic mass is 9.98. The van der Waals surface area contributed by atoms with Crippen LogP contribution >= 0.6 is 0 Å². The maximum atomic E-state index is 5.00. The van der Waals surface area contributed by atoms with Crippen molar-refractivity contribution in [2.24, 2.45) is 9.98 Å². The van der Waals surface area contributed by atoms with Gasteiger partial charge in [-0.05, 0) is 71.8 Å². The fraction of sp³-hybridized carbons (Fsp3) is 0.310. The molecule has 6 rings (SSSR count). The van der Waals surface area contributed by atoms with Crippen molar-refractivity contribution in [2.45, 2.75) is 12.8 Å². The van der Waals surface area contributed by atoms with Gasteiger partial charge in [0.25, 0.3) is 0 Å². The third kappa shape index (κ3) is 3.90. The summed E-state index contributed by atoms with van der Waals surface area (Å²) in [5, 5.41) is 0. The van der Waals surface area contributed by atoms with Crippen LogP contribution in [0.15, 0.2) is 70.6 Å². The van der Waals surface area contributed by atoms with Crippen LogP contribution in [0.4, 0.5) is 22.7 Å². The molecule has 1 saturated heterocycles. The van der Waals surface area contributed by atoms with Gasteiger partial charge in [-0.2, -0.15) is 0 Å². The molecule has 0 unspecified atom stereocenters. The average Bonchev–Trinajstić information content (AvgIpc) is 3.48. The zero-order chi connectivity index (χ0) is 23.2. The Kier molecular flexibility index (Phi) is 5.22. The van der Waals surface area contributed by atoms with Crippen molar-refractivity contribution in [3.8, 4) is 0 Å². The summed E-state index contributed by atoms with van der Waals surface area (Å²) in [6.07, 6.45) is 1.77. The maximum Gasteiger partial charge on any atom is 0.0670 e. The molecule has 172 valence electrons. The smallest absolute Gasteiger partial charge is 0.0670 e. The third-order valence-corrected chi connectivity index (χ3v) is 7.29. The molecule has 0 saturated carbocycles. The Morgan fingerprint density at radius 2 is 1.26 bits per heavy atom. The monoisotopic (exact) mass is 449 g/mol. The van der Waals surface area contributed by atoms with Gasteiger partial charge in [0, 0.05) is 64.5 Å². The molecule has 0 atom stereocenters. The molecule has 0 bridgehead atoms. The van der Waals surface area contributed by atoms with Crippen LogP contribution in [0.5, 0.6) is 0 Å². The topological polar surface area (TPSA) is 34.4 Å². The molecule has 5 nitrogen and oxygen atoms in total. The van der Waals surface area contributed by atoms with E-state index in [1.807, 2.05) is 0 Å². The van der Waals surface area contributed by atoms with Gasteiger partial charge in [0.2, 0.25) is 0 Å². The Balaban J connectivity index is 1.18. The SMILES string of the molecule is CN1CCN(c2ccc3c(c2)CC(c2ccc4c(c2)CC(c2ccc(N(C)C)cc2)=N4)=N3)CC1. The van der Waals surface area contributed by atoms with Crippen LogP contribution in [-0.4, -0.2) is 63.6 Å². The number of hydrogen-bond acceptors (Lipinski definition) is 5. The quantitative estimate of drug-likeness (QED) is 0.571. The minimum Gasteiger partial charge on any atom is -0.378 e. The maximum absolute atomic E-state index is 5.00. The van der Waals surface area contributed by atoms with Crippen molar-refractivity contribution in [3.63, 3.8) is 0 Å². The van der Waals surface area contributed by atoms with Gasteiger partial charge in [0.05, 0.1) is 22.8 Å². The molecule has 0 spiro atoms. The summed E-state index contributed by atoms with van der Waals surface area (Å²) in [6.45, 7) is 4.43. The molecule has 0 aromatic heterocycles. The van der Waals surface area contributed by atoms with E-state index in [0.29, 0.717) is 0 Å². The molecule has 3 heterocycles. The average molecular weight is 450 g/mol. The summed E-state index contributed by atoms with van der Waals surface area (Å²) in [6, 6.07) is 22.1. The van der Waals surface area contributed by atoms with E-state index in [9.17, 15) is 0 Å². The van der Waals surface area contributed by atoms with Crippen molar-refractivity contribution in [3.05, 3.63) is 82.9 Å². The number of anilines is 2. The second kappa shape index (κ2) is 8.41. The van der Waals surface area contributed by atoms with E-state index < -0.39 is 0 Å². The van der Waals surface area contributed by atoms with Crippen molar-refractivity contribution < 1.29 is 0 Å². The molecule has 34 heavy (non-hydrogen) atoms. The van der Waals surface area contributed by atoms with Crippen LogP contribution in [0.2, 0.25) is 0 Å². The molecule has 3 aliphatic rings. The Morgan fingerprint density at radius 1 is 0.676 bits per heavy atom. The first-order valence-electron chi connectivity index (χ1n) is 12.2. The molecule has 5 heteroatoms. The van der Waals surface area contributed by atoms with Crippen LogP contribution in [0.3, 0.4) is 0 Å². The number of rotatable bonds is 4. The largest absolute Gasteiger partial charge is 0.378 e. The predicted molar refractivity (Wildman–Crippen MR) is 143 cm³/mol. The lowest BCUT2D eigenvalue weighted by Gasteiger charge is -2.34. The van der Waals surface area contributed by atoms with Crippen molar-refractivity contribution in [1.29, 1.82) is 0 Å². The standard InChI is InChI=1S/C29H31N5/c1-32(2)24-7-4-20(5-8-24)28-18-22-16-21(6-10-26(22)30-28)29-19-23-17-25(9-11-27(23)31-29)34-14-12-33(3)13-15-34/h4-11,16-17H,12-15,18-19H2,1-3H3. The first-order chi connectivity index (χ1) is 16.5. The zero-order valence-corrected chi connectivity index (χ0v) is 20.3. The highest BCUT2D eigenvalue weighted by Gasteiger charge is 2.22. The van der Waals surface area contributed by atoms with Gasteiger partial charge in [-0.3, -0.25) is 9.98 Å². The summed E-state index contributed by atoms with van der Waals surface area (Å²) in [4.78, 5) is 16.9. The van der Waals surface area contributed by atoms with E-state index in [1.165, 1.54) is 33.6 Å². The fourth-order valence-electron chi connectivity index (χ4n) is 5.12. The number of nitrogens with zero attached hydrogens (tertiary/aromatic N) is 5. The van der Waals surface area contributed by atoms with Gasteiger partial charge in [0.15, 0.2) is 0 Å². The van der Waals surface area contributed by atoms with Gasteiger partial charge < -0.3 is 14.7 Å². The van der Waals surface area contributed by atoms with Gasteiger partial charge in [0.1, 0.15) is 0 Å². The predicted octanol–water partition coefficient (Wildman–Crippen LogP) is 4.86. The van der Waals surface area contributed by atoms with E-state index >= 15 is 0 Å². The van der Waals surface area contributed by atoms with E-state index in [2.05, 4.69) is 96.5 Å². The Labute approximate surface area is 202 Å². The molecular formula is C29H31N5. The third-order valence-electron chi connectivity index (χ3n) is 7.29. The molecule has 3 aromatic rings. The lowest BCUT2D eigenvalue weighted by molar-refractivity contribution is 0.313. The Hall–Kier alpha value is -3.44. The summed E-state index contributed by atoms with van der Waals surface area (Å²) >= 11 is 0. The molecule has 0 amide bonds. The van der Waals surface area contributed by atoms with E-state index in [0.717, 1.165) is 61.8 Å². The summed E-state index contributed by atoms with van der Waals surface area (Å²) in [5.74, 6) is 0. The highest BCUT2D eigenvalue weighted by atomic mass is 15.2. The summed E-state index contributed by atoms with van der Waals surface area (Å²) < 4.78 is 0. The van der Waals surface area contributed by atoms with Gasteiger partial charge in [-0.1, -0.05) is 18.2 Å². The van der Waals surface area contributed by atoms with Crippen molar-refractivity contribution >= 4 is 34.2 Å². The summed E-state index contributed by atoms with van der Waals surface area (Å²) in [5.41, 5.74) is 12.1. The molecule has 0 radical (unpaired) electrons. The Bertz CT molecular complexity index is 1290. The normalized spacial score (nSPS) is 17.3. The molecule has 3 aromatic carbocycles. The van der Waals surface area contributed by atoms with Crippen LogP contribution in [0, 0.1) is 0 Å². The number of benzene rings is 3. The molecule has 3 aliphatic heterocycles. The summed E-state index contributed by atoms with van der Waals surface area (Å²) in [7, 11) is 6.33. The number of hydrogen-bond donors (Lipinski definition) is 0. The molecule has 0 aliphatic carbocycles. The highest BCUT2D eigenvalue weighted by Crippen LogP contribution is 2.35. The zero-order valence-electron chi connectivity index (χ0n) is 20.3. The second-order valence-electron chi connectivity index (χ2n) is 9.86. The van der Waals surface area contributed by atoms with Crippen LogP contribution < -0.4 is 9.80 Å². The van der Waals surface area contributed by atoms with Crippen molar-refractivity contribution in [2.75, 3.05) is 57.1 Å². The lowest BCUT2D eigenvalue weighted by Crippen LogP contribution is -2.44. The van der Waals surface area contributed by atoms with Crippen molar-refractivity contribution in [1.82, 2.24) is 4.90 Å². The number of likely N-dealkylation sites (N-methyl/N-ethyl adjacent to an activating group) is 1. The van der Waals surface area contributed by atoms with Crippen LogP contribution in [0.25, 0.3) is 0 Å². The molecule has 1 fully saturated rings.